The van der Waals surface area contributed by atoms with E-state index in [1.54, 1.807) is 48.5 Å². The van der Waals surface area contributed by atoms with Gasteiger partial charge in [-0.15, -0.1) is 6.58 Å². The molecule has 0 radical (unpaired) electrons. The number of imide groups is 2. The van der Waals surface area contributed by atoms with Crippen LogP contribution in [0.1, 0.15) is 35.4 Å². The number of nitrogens with one attached hydrogen (secondary N) is 1. The number of nitro groups is 1. The summed E-state index contributed by atoms with van der Waals surface area (Å²) in [5.74, 6) is -7.63. The number of halogens is 2. The van der Waals surface area contributed by atoms with Gasteiger partial charge in [0.15, 0.2) is 0 Å². The first-order chi connectivity index (χ1) is 26.0. The highest BCUT2D eigenvalue weighted by molar-refractivity contribution is 6.30. The minimum atomic E-state index is -1.68. The molecule has 11 nitrogen and oxygen atoms in total. The van der Waals surface area contributed by atoms with Gasteiger partial charge >= 0.3 is 0 Å². The van der Waals surface area contributed by atoms with E-state index in [-0.39, 0.29) is 35.7 Å². The Morgan fingerprint density at radius 3 is 2.39 bits per heavy atom. The molecule has 54 heavy (non-hydrogen) atoms. The van der Waals surface area contributed by atoms with E-state index in [2.05, 4.69) is 12.0 Å². The zero-order valence-corrected chi connectivity index (χ0v) is 29.3. The van der Waals surface area contributed by atoms with Crippen molar-refractivity contribution in [3.63, 3.8) is 0 Å². The highest BCUT2D eigenvalue weighted by Crippen LogP contribution is 2.65. The first kappa shape index (κ1) is 34.9. The van der Waals surface area contributed by atoms with Gasteiger partial charge in [0.1, 0.15) is 11.6 Å². The third kappa shape index (κ3) is 5.15. The fourth-order valence-electron chi connectivity index (χ4n) is 9.16. The average molecular weight is 747 g/mol. The van der Waals surface area contributed by atoms with E-state index in [1.165, 1.54) is 48.5 Å². The lowest BCUT2D eigenvalue weighted by Crippen LogP contribution is -2.53. The Kier molecular flexibility index (Phi) is 8.45. The van der Waals surface area contributed by atoms with Gasteiger partial charge < -0.3 is 5.11 Å². The monoisotopic (exact) mass is 746 g/mol. The summed E-state index contributed by atoms with van der Waals surface area (Å²) in [5.41, 5.74) is 3.21. The van der Waals surface area contributed by atoms with Gasteiger partial charge in [0.2, 0.25) is 11.8 Å². The summed E-state index contributed by atoms with van der Waals surface area (Å²) in [6, 6.07) is 22.3. The molecule has 2 aliphatic heterocycles. The second kappa shape index (κ2) is 13.1. The smallest absolute Gasteiger partial charge is 0.271 e. The Balaban J connectivity index is 1.33. The van der Waals surface area contributed by atoms with Gasteiger partial charge in [-0.05, 0) is 78.8 Å². The second-order valence-electron chi connectivity index (χ2n) is 14.0. The Morgan fingerprint density at radius 1 is 0.963 bits per heavy atom. The maximum absolute atomic E-state index is 15.3. The van der Waals surface area contributed by atoms with Crippen molar-refractivity contribution in [1.29, 1.82) is 0 Å². The average Bonchev–Trinajstić information content (AvgIpc) is 3.54. The summed E-state index contributed by atoms with van der Waals surface area (Å²) in [7, 11) is 0. The van der Waals surface area contributed by atoms with E-state index < -0.39 is 69.4 Å². The van der Waals surface area contributed by atoms with Crippen molar-refractivity contribution in [3.8, 4) is 5.75 Å². The number of phenolic OH excluding ortho intramolecular Hbond substituents is 1. The molecule has 0 spiro atoms. The van der Waals surface area contributed by atoms with Gasteiger partial charge in [-0.25, -0.2) is 9.29 Å². The molecule has 2 saturated heterocycles. The first-order valence-corrected chi connectivity index (χ1v) is 17.8. The Morgan fingerprint density at radius 2 is 1.69 bits per heavy atom. The van der Waals surface area contributed by atoms with Crippen molar-refractivity contribution in [2.24, 2.45) is 23.7 Å². The fourth-order valence-corrected chi connectivity index (χ4v) is 9.29. The number of para-hydroxylation sites is 1. The van der Waals surface area contributed by atoms with Crippen molar-refractivity contribution < 1.29 is 33.6 Å². The molecule has 4 amide bonds. The van der Waals surface area contributed by atoms with Gasteiger partial charge in [-0.3, -0.25) is 34.7 Å². The topological polar surface area (TPSA) is 150 Å². The zero-order valence-electron chi connectivity index (χ0n) is 28.5. The lowest BCUT2D eigenvalue weighted by Gasteiger charge is -2.50. The number of aromatic hydroxyl groups is 1. The predicted molar refractivity (Wildman–Crippen MR) is 197 cm³/mol. The Bertz CT molecular complexity index is 2310. The molecule has 4 aromatic carbocycles. The van der Waals surface area contributed by atoms with Crippen LogP contribution in [0, 0.1) is 39.6 Å². The molecule has 0 bridgehead atoms. The summed E-state index contributed by atoms with van der Waals surface area (Å²) in [5, 5.41) is 24.9. The van der Waals surface area contributed by atoms with Crippen LogP contribution in [0.4, 0.5) is 21.5 Å². The molecule has 0 aromatic heterocycles. The minimum absolute atomic E-state index is 0.0206. The summed E-state index contributed by atoms with van der Waals surface area (Å²) >= 11 is 6.35. The van der Waals surface area contributed by atoms with Gasteiger partial charge in [-0.2, -0.15) is 5.01 Å². The highest BCUT2D eigenvalue weighted by Gasteiger charge is 2.70. The zero-order chi connectivity index (χ0) is 38.1. The molecule has 272 valence electrons. The molecule has 2 N–H and O–H groups in total. The molecule has 4 aromatic rings. The van der Waals surface area contributed by atoms with Crippen LogP contribution in [0.25, 0.3) is 0 Å². The predicted octanol–water partition coefficient (Wildman–Crippen LogP) is 7.01. The van der Waals surface area contributed by atoms with Gasteiger partial charge in [0.05, 0.1) is 39.5 Å². The molecule has 13 heteroatoms. The maximum atomic E-state index is 15.3. The minimum Gasteiger partial charge on any atom is -0.507 e. The number of carbonyl (C=O) groups is 4. The lowest BCUT2D eigenvalue weighted by molar-refractivity contribution is -0.384. The molecule has 8 rings (SSSR count). The summed E-state index contributed by atoms with van der Waals surface area (Å²) in [4.78, 5) is 70.7. The Hall–Kier alpha value is -6.14. The number of rotatable bonds is 8. The van der Waals surface area contributed by atoms with Gasteiger partial charge in [0.25, 0.3) is 17.5 Å². The van der Waals surface area contributed by atoms with E-state index >= 15 is 4.79 Å². The second-order valence-corrected chi connectivity index (χ2v) is 14.4. The molecule has 1 saturated carbocycles. The summed E-state index contributed by atoms with van der Waals surface area (Å²) in [6.07, 6.45) is 3.87. The number of fused-ring (bicyclic) bond motifs is 4. The van der Waals surface area contributed by atoms with Crippen molar-refractivity contribution >= 4 is 52.3 Å². The van der Waals surface area contributed by atoms with Crippen LogP contribution in [-0.4, -0.2) is 38.7 Å². The van der Waals surface area contributed by atoms with E-state index in [1.807, 2.05) is 6.08 Å². The number of carbonyl (C=O) groups excluding carboxylic acids is 4. The van der Waals surface area contributed by atoms with Crippen molar-refractivity contribution in [2.45, 2.75) is 30.6 Å². The number of hydrogen-bond donors (Lipinski definition) is 2. The molecular weight excluding hydrogens is 715 g/mol. The van der Waals surface area contributed by atoms with Crippen LogP contribution in [0.15, 0.2) is 115 Å². The number of hydrogen-bond acceptors (Lipinski definition) is 8. The van der Waals surface area contributed by atoms with Crippen LogP contribution in [0.3, 0.4) is 0 Å². The first-order valence-electron chi connectivity index (χ1n) is 17.4. The van der Waals surface area contributed by atoms with Gasteiger partial charge in [-0.1, -0.05) is 65.7 Å². The molecule has 3 fully saturated rings. The van der Waals surface area contributed by atoms with Crippen LogP contribution in [0.5, 0.6) is 5.75 Å². The fraction of sp³-hybridized carbons (Fsp3) is 0.220. The number of amides is 4. The van der Waals surface area contributed by atoms with Crippen molar-refractivity contribution in [2.75, 3.05) is 10.3 Å². The molecular formula is C41H32ClFN4O7. The van der Waals surface area contributed by atoms with E-state index in [9.17, 15) is 34.0 Å². The number of nitrogens with zero attached hydrogens (tertiary/aromatic N) is 3. The number of phenols is 1. The molecule has 6 atom stereocenters. The molecule has 2 heterocycles. The number of hydrazine groups is 1. The SMILES string of the molecule is C=CCc1cccc([C@H]2C3=CC[C@@H]4C(=O)N(c5cccc([N+](=O)[O-])c5)C(=O)[C@@H]4[C@@H]3C[C@H]3C(=O)N(Nc4ccc(F)cc4)C(=O)[C@@]23c2ccc(Cl)cc2)c1O. The number of nitro benzene ring substituents is 1. The highest BCUT2D eigenvalue weighted by atomic mass is 35.5. The third-order valence-electron chi connectivity index (χ3n) is 11.4. The summed E-state index contributed by atoms with van der Waals surface area (Å²) in [6.45, 7) is 3.82. The van der Waals surface area contributed by atoms with Crippen LogP contribution in [0.2, 0.25) is 5.02 Å². The normalized spacial score (nSPS) is 25.9. The van der Waals surface area contributed by atoms with Crippen LogP contribution in [-0.2, 0) is 31.0 Å². The van der Waals surface area contributed by atoms with Gasteiger partial charge in [0, 0.05) is 28.6 Å². The quantitative estimate of drug-likeness (QED) is 0.0847. The number of benzene rings is 4. The molecule has 0 unspecified atom stereocenters. The van der Waals surface area contributed by atoms with Crippen LogP contribution >= 0.6 is 11.6 Å². The van der Waals surface area contributed by atoms with E-state index in [0.717, 1.165) is 9.91 Å². The lowest BCUT2D eigenvalue weighted by atomic mass is 9.49. The number of allylic oxidation sites excluding steroid dienone is 3. The maximum Gasteiger partial charge on any atom is 0.271 e. The largest absolute Gasteiger partial charge is 0.507 e. The molecule has 2 aliphatic carbocycles. The summed E-state index contributed by atoms with van der Waals surface area (Å²) < 4.78 is 13.9. The van der Waals surface area contributed by atoms with Crippen molar-refractivity contribution in [3.05, 3.63) is 153 Å². The molecule has 4 aliphatic rings. The van der Waals surface area contributed by atoms with E-state index in [0.29, 0.717) is 33.7 Å². The van der Waals surface area contributed by atoms with Crippen molar-refractivity contribution in [1.82, 2.24) is 5.01 Å². The Labute approximate surface area is 313 Å². The number of anilines is 2. The third-order valence-corrected chi connectivity index (χ3v) is 11.6. The standard InChI is InChI=1S/C41H32ClFN4O7/c1-2-5-22-6-3-9-31(36(22)48)35-29-18-19-30-34(39(51)45(37(30)49)27-7-4-8-28(20-27)47(53)54)32(29)21-33-38(50)46(44-26-16-14-25(43)15-17-26)40(52)41(33,35)23-10-12-24(42)13-11-23/h2-4,6-18,20,30,32-35,44,48H,1,5,19,21H2/t30-,32+,33-,34-,35+,41+/m0/s1. The number of non-ortho nitro benzene ring substituents is 1. The van der Waals surface area contributed by atoms with E-state index in [4.69, 9.17) is 11.6 Å². The van der Waals surface area contributed by atoms with Crippen LogP contribution < -0.4 is 10.3 Å².